The molecule has 1 aliphatic rings. The van der Waals surface area contributed by atoms with Gasteiger partial charge >= 0.3 is 5.97 Å². The van der Waals surface area contributed by atoms with E-state index >= 15 is 0 Å². The van der Waals surface area contributed by atoms with Crippen molar-refractivity contribution in [3.63, 3.8) is 0 Å². The molecular weight excluding hydrogens is 166 g/mol. The highest BCUT2D eigenvalue weighted by molar-refractivity contribution is 5.71. The molecule has 0 aromatic carbocycles. The second-order valence-corrected chi connectivity index (χ2v) is 4.66. The van der Waals surface area contributed by atoms with Crippen molar-refractivity contribution in [3.8, 4) is 0 Å². The number of rotatable bonds is 4. The summed E-state index contributed by atoms with van der Waals surface area (Å²) in [6, 6.07) is 0.493. The first-order chi connectivity index (χ1) is 5.92. The van der Waals surface area contributed by atoms with E-state index in [9.17, 15) is 4.79 Å². The Morgan fingerprint density at radius 3 is 2.54 bits per heavy atom. The molecule has 0 amide bonds. The third kappa shape index (κ3) is 3.35. The zero-order valence-electron chi connectivity index (χ0n) is 8.89. The molecule has 1 fully saturated rings. The lowest BCUT2D eigenvalue weighted by molar-refractivity contribution is -0.146. The summed E-state index contributed by atoms with van der Waals surface area (Å²) in [5.41, 5.74) is 0.373. The van der Waals surface area contributed by atoms with Gasteiger partial charge in [0.25, 0.3) is 0 Å². The standard InChI is InChI=1S/C10H19NO2/c1-7(2)13-9(12)6-11-8-5-10(8,3)4/h7-8,11H,5-6H2,1-4H3. The Morgan fingerprint density at radius 2 is 2.15 bits per heavy atom. The van der Waals surface area contributed by atoms with E-state index in [4.69, 9.17) is 4.74 Å². The predicted octanol–water partition coefficient (Wildman–Crippen LogP) is 1.33. The Morgan fingerprint density at radius 1 is 1.62 bits per heavy atom. The summed E-state index contributed by atoms with van der Waals surface area (Å²) in [5.74, 6) is -0.155. The highest BCUT2D eigenvalue weighted by Crippen LogP contribution is 2.44. The highest BCUT2D eigenvalue weighted by atomic mass is 16.5. The Labute approximate surface area is 79.8 Å². The molecule has 0 spiro atoms. The molecule has 76 valence electrons. The van der Waals surface area contributed by atoms with E-state index in [-0.39, 0.29) is 12.1 Å². The molecule has 0 bridgehead atoms. The maximum Gasteiger partial charge on any atom is 0.320 e. The fourth-order valence-electron chi connectivity index (χ4n) is 1.33. The average molecular weight is 185 g/mol. The molecular formula is C10H19NO2. The summed E-state index contributed by atoms with van der Waals surface area (Å²) in [7, 11) is 0. The molecule has 1 rings (SSSR count). The van der Waals surface area contributed by atoms with E-state index in [1.165, 1.54) is 0 Å². The molecule has 0 aliphatic heterocycles. The van der Waals surface area contributed by atoms with Gasteiger partial charge in [0.15, 0.2) is 0 Å². The van der Waals surface area contributed by atoms with Crippen LogP contribution in [0.2, 0.25) is 0 Å². The molecule has 0 aromatic rings. The van der Waals surface area contributed by atoms with Crippen LogP contribution < -0.4 is 5.32 Å². The van der Waals surface area contributed by atoms with Gasteiger partial charge in [0.1, 0.15) is 0 Å². The van der Waals surface area contributed by atoms with Gasteiger partial charge < -0.3 is 10.1 Å². The van der Waals surface area contributed by atoms with Gasteiger partial charge in [-0.3, -0.25) is 4.79 Å². The molecule has 0 aromatic heterocycles. The number of esters is 1. The average Bonchev–Trinajstić information content (AvgIpc) is 2.53. The highest BCUT2D eigenvalue weighted by Gasteiger charge is 2.45. The molecule has 0 heterocycles. The summed E-state index contributed by atoms with van der Waals surface area (Å²) >= 11 is 0. The van der Waals surface area contributed by atoms with Crippen LogP contribution in [0.5, 0.6) is 0 Å². The molecule has 13 heavy (non-hydrogen) atoms. The SMILES string of the molecule is CC(C)OC(=O)CNC1CC1(C)C. The zero-order chi connectivity index (χ0) is 10.1. The molecule has 1 atom stereocenters. The summed E-state index contributed by atoms with van der Waals surface area (Å²) < 4.78 is 5.00. The molecule has 0 saturated heterocycles. The van der Waals surface area contributed by atoms with Crippen LogP contribution in [0.4, 0.5) is 0 Å². The molecule has 3 nitrogen and oxygen atoms in total. The third-order valence-electron chi connectivity index (χ3n) is 2.37. The fourth-order valence-corrected chi connectivity index (χ4v) is 1.33. The number of carbonyl (C=O) groups excluding carboxylic acids is 1. The lowest BCUT2D eigenvalue weighted by Crippen LogP contribution is -2.30. The monoisotopic (exact) mass is 185 g/mol. The zero-order valence-corrected chi connectivity index (χ0v) is 8.89. The van der Waals surface area contributed by atoms with E-state index < -0.39 is 0 Å². The van der Waals surface area contributed by atoms with Crippen LogP contribution in [0.25, 0.3) is 0 Å². The van der Waals surface area contributed by atoms with Gasteiger partial charge in [0.2, 0.25) is 0 Å². The van der Waals surface area contributed by atoms with Gasteiger partial charge in [-0.15, -0.1) is 0 Å². The van der Waals surface area contributed by atoms with Crippen LogP contribution in [0, 0.1) is 5.41 Å². The van der Waals surface area contributed by atoms with Crippen molar-refractivity contribution in [1.82, 2.24) is 5.32 Å². The summed E-state index contributed by atoms with van der Waals surface area (Å²) in [4.78, 5) is 11.1. The van der Waals surface area contributed by atoms with Crippen molar-refractivity contribution < 1.29 is 9.53 Å². The lowest BCUT2D eigenvalue weighted by atomic mass is 10.2. The minimum absolute atomic E-state index is 0.0125. The normalized spacial score (nSPS) is 24.5. The Kier molecular flexibility index (Phi) is 2.96. The van der Waals surface area contributed by atoms with Crippen LogP contribution in [0.3, 0.4) is 0 Å². The summed E-state index contributed by atoms with van der Waals surface area (Å²) in [6.07, 6.45) is 1.14. The van der Waals surface area contributed by atoms with Crippen LogP contribution in [-0.2, 0) is 9.53 Å². The smallest absolute Gasteiger partial charge is 0.320 e. The molecule has 1 N–H and O–H groups in total. The Hall–Kier alpha value is -0.570. The first-order valence-corrected chi connectivity index (χ1v) is 4.84. The fraction of sp³-hybridized carbons (Fsp3) is 0.900. The molecule has 1 unspecified atom stereocenters. The minimum Gasteiger partial charge on any atom is -0.462 e. The summed E-state index contributed by atoms with van der Waals surface area (Å²) in [6.45, 7) is 8.45. The summed E-state index contributed by atoms with van der Waals surface area (Å²) in [5, 5.41) is 3.18. The molecule has 1 aliphatic carbocycles. The second-order valence-electron chi connectivity index (χ2n) is 4.66. The van der Waals surface area contributed by atoms with E-state index in [0.29, 0.717) is 18.0 Å². The van der Waals surface area contributed by atoms with Crippen molar-refractivity contribution in [2.24, 2.45) is 5.41 Å². The van der Waals surface area contributed by atoms with Crippen molar-refractivity contribution in [2.45, 2.75) is 46.3 Å². The van der Waals surface area contributed by atoms with Crippen LogP contribution in [0.15, 0.2) is 0 Å². The van der Waals surface area contributed by atoms with Crippen LogP contribution in [0.1, 0.15) is 34.1 Å². The number of hydrogen-bond donors (Lipinski definition) is 1. The van der Waals surface area contributed by atoms with Crippen molar-refractivity contribution in [3.05, 3.63) is 0 Å². The topological polar surface area (TPSA) is 38.3 Å². The lowest BCUT2D eigenvalue weighted by Gasteiger charge is -2.09. The Balaban J connectivity index is 2.10. The van der Waals surface area contributed by atoms with Gasteiger partial charge in [-0.25, -0.2) is 0 Å². The predicted molar refractivity (Wildman–Crippen MR) is 51.4 cm³/mol. The van der Waals surface area contributed by atoms with E-state index in [0.717, 1.165) is 6.42 Å². The minimum atomic E-state index is -0.155. The third-order valence-corrected chi connectivity index (χ3v) is 2.37. The van der Waals surface area contributed by atoms with Crippen LogP contribution in [-0.4, -0.2) is 24.7 Å². The van der Waals surface area contributed by atoms with Crippen molar-refractivity contribution in [2.75, 3.05) is 6.54 Å². The number of hydrogen-bond acceptors (Lipinski definition) is 3. The van der Waals surface area contributed by atoms with E-state index in [1.807, 2.05) is 13.8 Å². The molecule has 0 radical (unpaired) electrons. The van der Waals surface area contributed by atoms with Gasteiger partial charge in [-0.1, -0.05) is 13.8 Å². The van der Waals surface area contributed by atoms with E-state index in [2.05, 4.69) is 19.2 Å². The number of carbonyl (C=O) groups is 1. The molecule has 1 saturated carbocycles. The van der Waals surface area contributed by atoms with E-state index in [1.54, 1.807) is 0 Å². The maximum atomic E-state index is 11.1. The van der Waals surface area contributed by atoms with Crippen molar-refractivity contribution >= 4 is 5.97 Å². The van der Waals surface area contributed by atoms with Gasteiger partial charge in [0, 0.05) is 6.04 Å². The first kappa shape index (κ1) is 10.5. The quantitative estimate of drug-likeness (QED) is 0.671. The van der Waals surface area contributed by atoms with Gasteiger partial charge in [0.05, 0.1) is 12.6 Å². The number of nitrogens with one attached hydrogen (secondary N) is 1. The first-order valence-electron chi connectivity index (χ1n) is 4.84. The van der Waals surface area contributed by atoms with Gasteiger partial charge in [-0.05, 0) is 25.7 Å². The maximum absolute atomic E-state index is 11.1. The van der Waals surface area contributed by atoms with Crippen molar-refractivity contribution in [1.29, 1.82) is 0 Å². The second kappa shape index (κ2) is 3.66. The largest absolute Gasteiger partial charge is 0.462 e. The van der Waals surface area contributed by atoms with Crippen LogP contribution >= 0.6 is 0 Å². The molecule has 3 heteroatoms. The number of ether oxygens (including phenoxy) is 1. The Bertz CT molecular complexity index is 199. The van der Waals surface area contributed by atoms with Gasteiger partial charge in [-0.2, -0.15) is 0 Å².